The highest BCUT2D eigenvalue weighted by Crippen LogP contribution is 2.49. The lowest BCUT2D eigenvalue weighted by Gasteiger charge is -2.27. The minimum atomic E-state index is 0.918. The zero-order chi connectivity index (χ0) is 34.2. The zero-order valence-corrected chi connectivity index (χ0v) is 29.5. The van der Waals surface area contributed by atoms with E-state index in [0.717, 1.165) is 33.3 Å². The van der Waals surface area contributed by atoms with Gasteiger partial charge in [-0.15, -0.1) is 22.7 Å². The molecule has 3 aromatic heterocycles. The molecule has 4 heteroatoms. The van der Waals surface area contributed by atoms with Crippen molar-refractivity contribution in [1.82, 2.24) is 0 Å². The molecule has 0 aliphatic heterocycles. The van der Waals surface area contributed by atoms with Crippen LogP contribution in [0.1, 0.15) is 0 Å². The Balaban J connectivity index is 1.16. The number of anilines is 3. The molecule has 11 aromatic rings. The molecule has 0 unspecified atom stereocenters. The number of hydrogen-bond donors (Lipinski definition) is 0. The fraction of sp³-hybridized carbons (Fsp3) is 0. The van der Waals surface area contributed by atoms with Crippen LogP contribution in [0.4, 0.5) is 17.1 Å². The van der Waals surface area contributed by atoms with Crippen LogP contribution < -0.4 is 4.90 Å². The molecule has 0 N–H and O–H groups in total. The second kappa shape index (κ2) is 11.7. The highest BCUT2D eigenvalue weighted by molar-refractivity contribution is 7.26. The number of benzene rings is 8. The molecular weight excluding hydrogens is 671 g/mol. The van der Waals surface area contributed by atoms with Crippen molar-refractivity contribution in [2.24, 2.45) is 0 Å². The Labute approximate surface area is 308 Å². The predicted octanol–water partition coefficient (Wildman–Crippen LogP) is 15.1. The van der Waals surface area contributed by atoms with Gasteiger partial charge in [-0.2, -0.15) is 0 Å². The maximum Gasteiger partial charge on any atom is 0.144 e. The minimum Gasteiger partial charge on any atom is -0.455 e. The molecular formula is C48H29NOS2. The Kier molecular flexibility index (Phi) is 6.63. The summed E-state index contributed by atoms with van der Waals surface area (Å²) in [7, 11) is 0. The first kappa shape index (κ1) is 29.5. The van der Waals surface area contributed by atoms with Crippen molar-refractivity contribution in [3.63, 3.8) is 0 Å². The summed E-state index contributed by atoms with van der Waals surface area (Å²) in [5.74, 6) is 0. The average Bonchev–Trinajstić information content (AvgIpc) is 3.90. The van der Waals surface area contributed by atoms with Crippen LogP contribution in [-0.4, -0.2) is 0 Å². The van der Waals surface area contributed by atoms with Crippen LogP contribution >= 0.6 is 22.7 Å². The van der Waals surface area contributed by atoms with E-state index in [1.165, 1.54) is 68.3 Å². The second-order valence-electron chi connectivity index (χ2n) is 13.2. The van der Waals surface area contributed by atoms with Gasteiger partial charge in [0.25, 0.3) is 0 Å². The molecule has 0 saturated heterocycles. The van der Waals surface area contributed by atoms with Crippen molar-refractivity contribution in [3.8, 4) is 22.3 Å². The number of nitrogens with zero attached hydrogens (tertiary/aromatic N) is 1. The lowest BCUT2D eigenvalue weighted by atomic mass is 9.98. The molecule has 244 valence electrons. The van der Waals surface area contributed by atoms with Crippen molar-refractivity contribution in [1.29, 1.82) is 0 Å². The van der Waals surface area contributed by atoms with Gasteiger partial charge in [-0.1, -0.05) is 115 Å². The molecule has 0 amide bonds. The Hall–Kier alpha value is -6.20. The molecule has 3 heterocycles. The SMILES string of the molecule is c1ccc(-c2ccc(N(c3cccc(-c4cc5c6ccccc6oc5c5c4sc4ccccc45)c3)c3cccc4sc5ccccc5c34)cc2)cc1. The van der Waals surface area contributed by atoms with E-state index < -0.39 is 0 Å². The van der Waals surface area contributed by atoms with E-state index in [1.807, 2.05) is 22.7 Å². The topological polar surface area (TPSA) is 16.4 Å². The van der Waals surface area contributed by atoms with Crippen molar-refractivity contribution in [2.75, 3.05) is 4.90 Å². The number of fused-ring (bicyclic) bond motifs is 10. The zero-order valence-electron chi connectivity index (χ0n) is 27.9. The Morgan fingerprint density at radius 1 is 0.404 bits per heavy atom. The summed E-state index contributed by atoms with van der Waals surface area (Å²) in [5, 5.41) is 7.28. The van der Waals surface area contributed by atoms with Gasteiger partial charge in [0, 0.05) is 68.1 Å². The molecule has 2 nitrogen and oxygen atoms in total. The Bertz CT molecular complexity index is 3130. The third-order valence-corrected chi connectivity index (χ3v) is 12.6. The molecule has 0 saturated carbocycles. The van der Waals surface area contributed by atoms with Gasteiger partial charge in [0.1, 0.15) is 11.2 Å². The van der Waals surface area contributed by atoms with Crippen molar-refractivity contribution in [2.45, 2.75) is 0 Å². The first-order valence-electron chi connectivity index (χ1n) is 17.5. The number of rotatable bonds is 5. The summed E-state index contributed by atoms with van der Waals surface area (Å²) < 4.78 is 11.7. The van der Waals surface area contributed by atoms with Crippen LogP contribution in [0.5, 0.6) is 0 Å². The summed E-state index contributed by atoms with van der Waals surface area (Å²) in [5.41, 5.74) is 10.1. The third-order valence-electron chi connectivity index (χ3n) is 10.3. The first-order chi connectivity index (χ1) is 25.8. The molecule has 0 atom stereocenters. The standard InChI is InChI=1S/C48H29NOS2/c1-2-12-30(13-3-1)31-24-26-33(27-25-31)49(40-19-11-23-44-45(40)36-17-5-8-21-42(36)51-44)34-15-10-14-32(28-34)38-29-39-35-16-4-7-20-41(35)50-47(39)46-37-18-6-9-22-43(37)52-48(38)46/h1-29H. The predicted molar refractivity (Wildman–Crippen MR) is 225 cm³/mol. The van der Waals surface area contributed by atoms with E-state index >= 15 is 0 Å². The highest BCUT2D eigenvalue weighted by Gasteiger charge is 2.22. The Morgan fingerprint density at radius 2 is 1.04 bits per heavy atom. The van der Waals surface area contributed by atoms with Gasteiger partial charge in [-0.25, -0.2) is 0 Å². The van der Waals surface area contributed by atoms with Crippen LogP contribution in [0.3, 0.4) is 0 Å². The molecule has 11 rings (SSSR count). The highest BCUT2D eigenvalue weighted by atomic mass is 32.1. The quantitative estimate of drug-likeness (QED) is 0.178. The minimum absolute atomic E-state index is 0.918. The fourth-order valence-corrected chi connectivity index (χ4v) is 10.3. The van der Waals surface area contributed by atoms with Gasteiger partial charge in [0.15, 0.2) is 0 Å². The lowest BCUT2D eigenvalue weighted by molar-refractivity contribution is 0.673. The van der Waals surface area contributed by atoms with Crippen LogP contribution in [-0.2, 0) is 0 Å². The number of hydrogen-bond acceptors (Lipinski definition) is 4. The molecule has 0 fully saturated rings. The van der Waals surface area contributed by atoms with E-state index in [2.05, 4.69) is 181 Å². The molecule has 0 aliphatic carbocycles. The van der Waals surface area contributed by atoms with Crippen LogP contribution in [0.2, 0.25) is 0 Å². The summed E-state index contributed by atoms with van der Waals surface area (Å²) in [6.07, 6.45) is 0. The van der Waals surface area contributed by atoms with Gasteiger partial charge >= 0.3 is 0 Å². The van der Waals surface area contributed by atoms with Gasteiger partial charge in [-0.05, 0) is 77.4 Å². The van der Waals surface area contributed by atoms with E-state index in [4.69, 9.17) is 4.42 Å². The second-order valence-corrected chi connectivity index (χ2v) is 15.4. The van der Waals surface area contributed by atoms with Gasteiger partial charge in [0.05, 0.1) is 5.69 Å². The van der Waals surface area contributed by atoms with Crippen molar-refractivity contribution in [3.05, 3.63) is 176 Å². The average molecular weight is 700 g/mol. The van der Waals surface area contributed by atoms with Crippen molar-refractivity contribution < 1.29 is 4.42 Å². The fourth-order valence-electron chi connectivity index (χ4n) is 7.89. The third kappa shape index (κ3) is 4.55. The van der Waals surface area contributed by atoms with Crippen molar-refractivity contribution >= 4 is 102 Å². The first-order valence-corrected chi connectivity index (χ1v) is 19.1. The Morgan fingerprint density at radius 3 is 1.87 bits per heavy atom. The number of furan rings is 1. The van der Waals surface area contributed by atoms with E-state index in [0.29, 0.717) is 0 Å². The number of para-hydroxylation sites is 1. The van der Waals surface area contributed by atoms with E-state index in [1.54, 1.807) is 0 Å². The number of thiophene rings is 2. The summed E-state index contributed by atoms with van der Waals surface area (Å²) in [6, 6.07) is 63.6. The van der Waals surface area contributed by atoms with Gasteiger partial charge in [0.2, 0.25) is 0 Å². The van der Waals surface area contributed by atoms with E-state index in [-0.39, 0.29) is 0 Å². The normalized spacial score (nSPS) is 11.8. The maximum absolute atomic E-state index is 6.61. The van der Waals surface area contributed by atoms with Crippen LogP contribution in [0, 0.1) is 0 Å². The van der Waals surface area contributed by atoms with Crippen LogP contribution in [0.25, 0.3) is 84.5 Å². The summed E-state index contributed by atoms with van der Waals surface area (Å²) in [6.45, 7) is 0. The summed E-state index contributed by atoms with van der Waals surface area (Å²) in [4.78, 5) is 2.44. The molecule has 0 radical (unpaired) electrons. The maximum atomic E-state index is 6.61. The molecule has 0 bridgehead atoms. The van der Waals surface area contributed by atoms with Gasteiger partial charge in [-0.3, -0.25) is 0 Å². The monoisotopic (exact) mass is 699 g/mol. The summed E-state index contributed by atoms with van der Waals surface area (Å²) >= 11 is 3.70. The molecule has 0 aliphatic rings. The molecule has 8 aromatic carbocycles. The smallest absolute Gasteiger partial charge is 0.144 e. The lowest BCUT2D eigenvalue weighted by Crippen LogP contribution is -2.10. The van der Waals surface area contributed by atoms with E-state index in [9.17, 15) is 0 Å². The van der Waals surface area contributed by atoms with Gasteiger partial charge < -0.3 is 9.32 Å². The largest absolute Gasteiger partial charge is 0.455 e. The molecule has 52 heavy (non-hydrogen) atoms. The molecule has 0 spiro atoms. The van der Waals surface area contributed by atoms with Crippen LogP contribution in [0.15, 0.2) is 180 Å².